The maximum atomic E-state index is 13.4. The van der Waals surface area contributed by atoms with Crippen LogP contribution in [0.25, 0.3) is 11.5 Å². The minimum atomic E-state index is -3.84. The molecule has 0 aliphatic carbocycles. The molecule has 4 rings (SSSR count). The van der Waals surface area contributed by atoms with E-state index in [-0.39, 0.29) is 23.9 Å². The SMILES string of the molecule is CC(C)(CNC(=O)c1cccc(C2=NC(C(F)(F)SF)ON2)c1)c1coc(-c2ccccc2)n1. The lowest BCUT2D eigenvalue weighted by molar-refractivity contribution is -0.0828. The monoisotopic (exact) mass is 490 g/mol. The van der Waals surface area contributed by atoms with Crippen molar-refractivity contribution in [3.05, 3.63) is 77.7 Å². The third-order valence-corrected chi connectivity index (χ3v) is 5.62. The van der Waals surface area contributed by atoms with Crippen LogP contribution in [0, 0.1) is 0 Å². The molecule has 1 unspecified atom stereocenters. The summed E-state index contributed by atoms with van der Waals surface area (Å²) >= 11 is -1.14. The van der Waals surface area contributed by atoms with Gasteiger partial charge in [0.25, 0.3) is 12.1 Å². The van der Waals surface area contributed by atoms with Crippen molar-refractivity contribution in [3.63, 3.8) is 0 Å². The molecule has 0 radical (unpaired) electrons. The van der Waals surface area contributed by atoms with Crippen LogP contribution in [0.4, 0.5) is 12.7 Å². The summed E-state index contributed by atoms with van der Waals surface area (Å²) in [4.78, 5) is 25.7. The maximum Gasteiger partial charge on any atom is 0.370 e. The number of aromatic nitrogens is 1. The van der Waals surface area contributed by atoms with Crippen LogP contribution in [0.1, 0.15) is 35.5 Å². The summed E-state index contributed by atoms with van der Waals surface area (Å²) in [5, 5.41) is -0.975. The van der Waals surface area contributed by atoms with Crippen LogP contribution in [0.3, 0.4) is 0 Å². The van der Waals surface area contributed by atoms with E-state index in [0.717, 1.165) is 5.56 Å². The van der Waals surface area contributed by atoms with Crippen molar-refractivity contribution in [3.8, 4) is 11.5 Å². The predicted octanol–water partition coefficient (Wildman–Crippen LogP) is 4.87. The molecular formula is C23H21F3N4O3S. The molecule has 2 aromatic carbocycles. The van der Waals surface area contributed by atoms with Gasteiger partial charge in [0, 0.05) is 28.7 Å². The molecule has 178 valence electrons. The van der Waals surface area contributed by atoms with Crippen molar-refractivity contribution in [1.29, 1.82) is 0 Å². The lowest BCUT2D eigenvalue weighted by Gasteiger charge is -2.22. The van der Waals surface area contributed by atoms with E-state index in [1.807, 2.05) is 44.2 Å². The van der Waals surface area contributed by atoms with E-state index in [1.54, 1.807) is 24.5 Å². The molecule has 0 spiro atoms. The highest BCUT2D eigenvalue weighted by atomic mass is 32.2. The van der Waals surface area contributed by atoms with Gasteiger partial charge in [-0.3, -0.25) is 4.79 Å². The third kappa shape index (κ3) is 5.10. The molecule has 34 heavy (non-hydrogen) atoms. The van der Waals surface area contributed by atoms with Gasteiger partial charge in [-0.1, -0.05) is 44.2 Å². The number of oxazole rings is 1. The molecule has 2 N–H and O–H groups in total. The molecule has 11 heteroatoms. The first-order valence-electron chi connectivity index (χ1n) is 10.3. The van der Waals surface area contributed by atoms with Crippen LogP contribution < -0.4 is 10.8 Å². The van der Waals surface area contributed by atoms with Crippen LogP contribution in [0.15, 0.2) is 70.3 Å². The Balaban J connectivity index is 1.43. The Kier molecular flexibility index (Phi) is 6.67. The van der Waals surface area contributed by atoms with E-state index < -0.39 is 29.0 Å². The van der Waals surface area contributed by atoms with Crippen molar-refractivity contribution >= 4 is 23.9 Å². The van der Waals surface area contributed by atoms with Gasteiger partial charge < -0.3 is 9.73 Å². The largest absolute Gasteiger partial charge is 0.444 e. The Hall–Kier alpha value is -3.31. The predicted molar refractivity (Wildman–Crippen MR) is 122 cm³/mol. The molecule has 0 saturated heterocycles. The zero-order valence-corrected chi connectivity index (χ0v) is 19.0. The van der Waals surface area contributed by atoms with Crippen molar-refractivity contribution in [2.45, 2.75) is 30.7 Å². The molecular weight excluding hydrogens is 469 g/mol. The number of aliphatic imine (C=N–C) groups is 1. The van der Waals surface area contributed by atoms with Crippen LogP contribution >= 0.6 is 12.1 Å². The van der Waals surface area contributed by atoms with Crippen LogP contribution in [-0.4, -0.2) is 34.8 Å². The zero-order chi connectivity index (χ0) is 24.3. The first-order valence-corrected chi connectivity index (χ1v) is 11.0. The molecule has 0 fully saturated rings. The Morgan fingerprint density at radius 1 is 1.15 bits per heavy atom. The van der Waals surface area contributed by atoms with Gasteiger partial charge in [0.2, 0.25) is 5.89 Å². The van der Waals surface area contributed by atoms with Gasteiger partial charge in [-0.25, -0.2) is 20.3 Å². The zero-order valence-electron chi connectivity index (χ0n) is 18.2. The lowest BCUT2D eigenvalue weighted by atomic mass is 9.90. The average Bonchev–Trinajstić information content (AvgIpc) is 3.55. The number of hydrogen-bond acceptors (Lipinski definition) is 7. The highest BCUT2D eigenvalue weighted by molar-refractivity contribution is 7.95. The number of amides is 1. The van der Waals surface area contributed by atoms with E-state index >= 15 is 0 Å². The van der Waals surface area contributed by atoms with E-state index in [1.165, 1.54) is 6.07 Å². The Morgan fingerprint density at radius 3 is 2.62 bits per heavy atom. The van der Waals surface area contributed by atoms with Crippen LogP contribution in [0.2, 0.25) is 0 Å². The molecule has 2 heterocycles. The molecule has 3 aromatic rings. The minimum Gasteiger partial charge on any atom is -0.444 e. The molecule has 1 amide bonds. The average molecular weight is 491 g/mol. The first kappa shape index (κ1) is 23.8. The number of carbonyl (C=O) groups excluding carboxylic acids is 1. The van der Waals surface area contributed by atoms with E-state index in [4.69, 9.17) is 4.42 Å². The van der Waals surface area contributed by atoms with Crippen molar-refractivity contribution in [2.75, 3.05) is 6.54 Å². The van der Waals surface area contributed by atoms with E-state index in [2.05, 4.69) is 25.6 Å². The summed E-state index contributed by atoms with van der Waals surface area (Å²) in [5.74, 6) is 0.0944. The molecule has 1 aliphatic heterocycles. The molecule has 0 bridgehead atoms. The number of rotatable bonds is 8. The van der Waals surface area contributed by atoms with Crippen molar-refractivity contribution in [1.82, 2.24) is 15.8 Å². The summed E-state index contributed by atoms with van der Waals surface area (Å²) in [6.07, 6.45) is -0.444. The Labute approximate surface area is 198 Å². The molecule has 7 nitrogen and oxygen atoms in total. The van der Waals surface area contributed by atoms with Gasteiger partial charge in [-0.05, 0) is 24.3 Å². The smallest absolute Gasteiger partial charge is 0.370 e. The quantitative estimate of drug-likeness (QED) is 0.469. The fraction of sp³-hybridized carbons (Fsp3) is 0.261. The lowest BCUT2D eigenvalue weighted by Crippen LogP contribution is -2.37. The number of hydroxylamine groups is 1. The highest BCUT2D eigenvalue weighted by Gasteiger charge is 2.46. The summed E-state index contributed by atoms with van der Waals surface area (Å²) in [7, 11) is 0. The van der Waals surface area contributed by atoms with E-state index in [9.17, 15) is 17.5 Å². The Bertz CT molecular complexity index is 1200. The summed E-state index contributed by atoms with van der Waals surface area (Å²) in [6.45, 7) is 4.11. The minimum absolute atomic E-state index is 0.0234. The molecule has 1 aromatic heterocycles. The van der Waals surface area contributed by atoms with E-state index in [0.29, 0.717) is 17.1 Å². The van der Waals surface area contributed by atoms with Gasteiger partial charge in [-0.15, -0.1) is 0 Å². The fourth-order valence-electron chi connectivity index (χ4n) is 3.20. The number of halogens is 3. The number of nitrogens with one attached hydrogen (secondary N) is 2. The maximum absolute atomic E-state index is 13.4. The molecule has 1 aliphatic rings. The van der Waals surface area contributed by atoms with Crippen molar-refractivity contribution in [2.24, 2.45) is 4.99 Å². The molecule has 0 saturated carbocycles. The van der Waals surface area contributed by atoms with Gasteiger partial charge in [0.05, 0.1) is 5.69 Å². The number of hydrogen-bond donors (Lipinski definition) is 2. The highest BCUT2D eigenvalue weighted by Crippen LogP contribution is 2.36. The number of carbonyl (C=O) groups is 1. The topological polar surface area (TPSA) is 88.8 Å². The summed E-state index contributed by atoms with van der Waals surface area (Å²) in [5.41, 5.74) is 3.90. The second-order valence-electron chi connectivity index (χ2n) is 8.24. The van der Waals surface area contributed by atoms with Crippen molar-refractivity contribution < 1.29 is 26.7 Å². The van der Waals surface area contributed by atoms with Crippen LogP contribution in [-0.2, 0) is 10.3 Å². The second kappa shape index (κ2) is 9.51. The Morgan fingerprint density at radius 2 is 1.88 bits per heavy atom. The van der Waals surface area contributed by atoms with Gasteiger partial charge in [-0.2, -0.15) is 12.7 Å². The normalized spacial score (nSPS) is 16.1. The number of nitrogens with zero attached hydrogens (tertiary/aromatic N) is 2. The van der Waals surface area contributed by atoms with Gasteiger partial charge in [0.15, 0.2) is 5.84 Å². The third-order valence-electron chi connectivity index (χ3n) is 5.21. The summed E-state index contributed by atoms with van der Waals surface area (Å²) < 4.78 is 44.9. The van der Waals surface area contributed by atoms with Gasteiger partial charge >= 0.3 is 5.25 Å². The summed E-state index contributed by atoms with van der Waals surface area (Å²) in [6, 6.07) is 15.7. The number of benzene rings is 2. The van der Waals surface area contributed by atoms with Gasteiger partial charge in [0.1, 0.15) is 18.4 Å². The standard InChI is InChI=1S/C23H21F3N4O3S/c1-22(2,17-12-32-20(28-17)14-7-4-3-5-8-14)13-27-19(31)16-10-6-9-15(11-16)18-29-21(33-30-18)23(24,25)34-26/h3-12,21H,13H2,1-2H3,(H,27,31)(H,29,30). The molecule has 1 atom stereocenters. The number of amidine groups is 1. The first-order chi connectivity index (χ1) is 16.2. The fourth-order valence-corrected chi connectivity index (χ4v) is 3.37. The number of alkyl halides is 2. The van der Waals surface area contributed by atoms with Crippen LogP contribution in [0.5, 0.6) is 0 Å². The second-order valence-corrected chi connectivity index (χ2v) is 8.94.